The van der Waals surface area contributed by atoms with E-state index in [2.05, 4.69) is 47.5 Å². The number of carbonyl (C=O) groups is 1. The van der Waals surface area contributed by atoms with Gasteiger partial charge in [-0.2, -0.15) is 0 Å². The molecule has 0 aliphatic carbocycles. The molecule has 3 atom stereocenters. The second kappa shape index (κ2) is 5.96. The van der Waals surface area contributed by atoms with E-state index in [9.17, 15) is 4.79 Å². The van der Waals surface area contributed by atoms with E-state index in [0.29, 0.717) is 17.9 Å². The highest BCUT2D eigenvalue weighted by Crippen LogP contribution is 2.29. The maximum Gasteiger partial charge on any atom is 0.227 e. The molecule has 3 nitrogen and oxygen atoms in total. The van der Waals surface area contributed by atoms with Gasteiger partial charge in [0.25, 0.3) is 0 Å². The smallest absolute Gasteiger partial charge is 0.227 e. The lowest BCUT2D eigenvalue weighted by Gasteiger charge is -2.27. The van der Waals surface area contributed by atoms with E-state index in [1.807, 2.05) is 0 Å². The Balaban J connectivity index is 1.61. The molecule has 0 saturated carbocycles. The topological polar surface area (TPSA) is 32.3 Å². The first kappa shape index (κ1) is 13.6. The molecule has 3 unspecified atom stereocenters. The predicted octanol–water partition coefficient (Wildman–Crippen LogP) is 2.08. The van der Waals surface area contributed by atoms with Crippen molar-refractivity contribution in [2.75, 3.05) is 19.6 Å². The molecule has 1 N–H and O–H groups in total. The number of benzene rings is 1. The lowest BCUT2D eigenvalue weighted by molar-refractivity contribution is -0.135. The van der Waals surface area contributed by atoms with Crippen LogP contribution in [0.3, 0.4) is 0 Å². The third-order valence-electron chi connectivity index (χ3n) is 4.95. The van der Waals surface area contributed by atoms with Crippen LogP contribution in [-0.2, 0) is 11.2 Å². The molecule has 3 rings (SSSR count). The summed E-state index contributed by atoms with van der Waals surface area (Å²) in [5, 5.41) is 3.30. The number of hydrogen-bond donors (Lipinski definition) is 1. The molecule has 2 heterocycles. The molecule has 20 heavy (non-hydrogen) atoms. The average molecular weight is 272 g/mol. The van der Waals surface area contributed by atoms with Gasteiger partial charge in [-0.1, -0.05) is 30.3 Å². The molecule has 0 aromatic heterocycles. The second-order valence-electron chi connectivity index (χ2n) is 6.20. The molecule has 2 saturated heterocycles. The number of likely N-dealkylation sites (tertiary alicyclic amines) is 1. The van der Waals surface area contributed by atoms with E-state index < -0.39 is 0 Å². The van der Waals surface area contributed by atoms with Gasteiger partial charge in [0.05, 0.1) is 5.92 Å². The van der Waals surface area contributed by atoms with Crippen molar-refractivity contribution in [1.82, 2.24) is 10.2 Å². The SMILES string of the molecule is CC1C(Cc2ccccc2)CCN1C(=O)C1CCNC1. The number of amides is 1. The molecular formula is C17H24N2O. The molecule has 0 spiro atoms. The second-order valence-corrected chi connectivity index (χ2v) is 6.20. The van der Waals surface area contributed by atoms with Gasteiger partial charge in [-0.25, -0.2) is 0 Å². The zero-order valence-corrected chi connectivity index (χ0v) is 12.2. The maximum absolute atomic E-state index is 12.5. The Hall–Kier alpha value is -1.35. The number of nitrogens with zero attached hydrogens (tertiary/aromatic N) is 1. The van der Waals surface area contributed by atoms with Crippen LogP contribution in [0.2, 0.25) is 0 Å². The van der Waals surface area contributed by atoms with E-state index in [4.69, 9.17) is 0 Å². The van der Waals surface area contributed by atoms with Crippen LogP contribution in [0.4, 0.5) is 0 Å². The number of nitrogens with one attached hydrogen (secondary N) is 1. The minimum absolute atomic E-state index is 0.216. The van der Waals surface area contributed by atoms with Crippen molar-refractivity contribution < 1.29 is 4.79 Å². The molecule has 3 heteroatoms. The molecule has 2 aliphatic heterocycles. The summed E-state index contributed by atoms with van der Waals surface area (Å²) in [6, 6.07) is 11.0. The molecule has 2 fully saturated rings. The third kappa shape index (κ3) is 2.73. The summed E-state index contributed by atoms with van der Waals surface area (Å²) in [7, 11) is 0. The van der Waals surface area contributed by atoms with Gasteiger partial charge in [0.2, 0.25) is 5.91 Å². The van der Waals surface area contributed by atoms with Crippen LogP contribution < -0.4 is 5.32 Å². The fourth-order valence-electron chi connectivity index (χ4n) is 3.60. The van der Waals surface area contributed by atoms with Crippen LogP contribution in [0.25, 0.3) is 0 Å². The first-order valence-corrected chi connectivity index (χ1v) is 7.81. The van der Waals surface area contributed by atoms with Gasteiger partial charge in [0.1, 0.15) is 0 Å². The van der Waals surface area contributed by atoms with Gasteiger partial charge < -0.3 is 10.2 Å². The first-order valence-electron chi connectivity index (χ1n) is 7.81. The van der Waals surface area contributed by atoms with Crippen molar-refractivity contribution >= 4 is 5.91 Å². The van der Waals surface area contributed by atoms with Gasteiger partial charge in [0, 0.05) is 19.1 Å². The molecule has 1 amide bonds. The van der Waals surface area contributed by atoms with Gasteiger partial charge in [-0.15, -0.1) is 0 Å². The van der Waals surface area contributed by atoms with Crippen LogP contribution in [0.5, 0.6) is 0 Å². The largest absolute Gasteiger partial charge is 0.339 e. The number of carbonyl (C=O) groups excluding carboxylic acids is 1. The zero-order valence-electron chi connectivity index (χ0n) is 12.2. The molecule has 108 valence electrons. The van der Waals surface area contributed by atoms with Crippen molar-refractivity contribution in [2.24, 2.45) is 11.8 Å². The van der Waals surface area contributed by atoms with E-state index >= 15 is 0 Å². The fourth-order valence-corrected chi connectivity index (χ4v) is 3.60. The van der Waals surface area contributed by atoms with Gasteiger partial charge in [-0.3, -0.25) is 4.79 Å². The van der Waals surface area contributed by atoms with Crippen LogP contribution >= 0.6 is 0 Å². The molecule has 1 aromatic carbocycles. The summed E-state index contributed by atoms with van der Waals surface area (Å²) in [4.78, 5) is 14.7. The Morgan fingerprint density at radius 3 is 2.80 bits per heavy atom. The summed E-state index contributed by atoms with van der Waals surface area (Å²) in [6.45, 7) is 5.02. The summed E-state index contributed by atoms with van der Waals surface area (Å²) in [5.74, 6) is 1.20. The van der Waals surface area contributed by atoms with E-state index in [0.717, 1.165) is 38.9 Å². The van der Waals surface area contributed by atoms with Crippen molar-refractivity contribution in [2.45, 2.75) is 32.2 Å². The van der Waals surface area contributed by atoms with E-state index in [-0.39, 0.29) is 5.92 Å². The minimum Gasteiger partial charge on any atom is -0.339 e. The average Bonchev–Trinajstić information content (AvgIpc) is 3.11. The highest BCUT2D eigenvalue weighted by Gasteiger charge is 2.37. The normalized spacial score (nSPS) is 29.9. The summed E-state index contributed by atoms with van der Waals surface area (Å²) in [5.41, 5.74) is 1.39. The molecular weight excluding hydrogens is 248 g/mol. The fraction of sp³-hybridized carbons (Fsp3) is 0.588. The summed E-state index contributed by atoms with van der Waals surface area (Å²) in [6.07, 6.45) is 3.24. The van der Waals surface area contributed by atoms with E-state index in [1.54, 1.807) is 0 Å². The van der Waals surface area contributed by atoms with Gasteiger partial charge in [0.15, 0.2) is 0 Å². The highest BCUT2D eigenvalue weighted by atomic mass is 16.2. The lowest BCUT2D eigenvalue weighted by atomic mass is 9.93. The van der Waals surface area contributed by atoms with Crippen LogP contribution in [0.15, 0.2) is 30.3 Å². The van der Waals surface area contributed by atoms with Crippen molar-refractivity contribution in [3.05, 3.63) is 35.9 Å². The van der Waals surface area contributed by atoms with Crippen molar-refractivity contribution in [3.8, 4) is 0 Å². The van der Waals surface area contributed by atoms with Gasteiger partial charge in [-0.05, 0) is 44.2 Å². The standard InChI is InChI=1S/C17H24N2O/c1-13-15(11-14-5-3-2-4-6-14)8-10-19(13)17(20)16-7-9-18-12-16/h2-6,13,15-16,18H,7-12H2,1H3. The maximum atomic E-state index is 12.5. The Bertz CT molecular complexity index is 453. The van der Waals surface area contributed by atoms with Crippen molar-refractivity contribution in [1.29, 1.82) is 0 Å². The van der Waals surface area contributed by atoms with Crippen LogP contribution in [-0.4, -0.2) is 36.5 Å². The number of rotatable bonds is 3. The van der Waals surface area contributed by atoms with Crippen LogP contribution in [0, 0.1) is 11.8 Å². The Kier molecular flexibility index (Phi) is 4.06. The highest BCUT2D eigenvalue weighted by molar-refractivity contribution is 5.80. The van der Waals surface area contributed by atoms with Crippen molar-refractivity contribution in [3.63, 3.8) is 0 Å². The summed E-state index contributed by atoms with van der Waals surface area (Å²) < 4.78 is 0. The predicted molar refractivity (Wildman–Crippen MR) is 80.4 cm³/mol. The van der Waals surface area contributed by atoms with Crippen LogP contribution in [0.1, 0.15) is 25.3 Å². The number of hydrogen-bond acceptors (Lipinski definition) is 2. The molecule has 0 bridgehead atoms. The summed E-state index contributed by atoms with van der Waals surface area (Å²) >= 11 is 0. The lowest BCUT2D eigenvalue weighted by Crippen LogP contribution is -2.40. The molecule has 2 aliphatic rings. The quantitative estimate of drug-likeness (QED) is 0.913. The van der Waals surface area contributed by atoms with Gasteiger partial charge >= 0.3 is 0 Å². The minimum atomic E-state index is 0.216. The Morgan fingerprint density at radius 2 is 2.10 bits per heavy atom. The first-order chi connectivity index (χ1) is 9.75. The Morgan fingerprint density at radius 1 is 1.30 bits per heavy atom. The van der Waals surface area contributed by atoms with E-state index in [1.165, 1.54) is 5.56 Å². The molecule has 0 radical (unpaired) electrons. The molecule has 1 aromatic rings. The third-order valence-corrected chi connectivity index (χ3v) is 4.95. The zero-order chi connectivity index (χ0) is 13.9. The Labute approximate surface area is 121 Å². The monoisotopic (exact) mass is 272 g/mol.